The molecule has 0 radical (unpaired) electrons. The second-order valence-corrected chi connectivity index (χ2v) is 6.22. The van der Waals surface area contributed by atoms with E-state index >= 15 is 0 Å². The van der Waals surface area contributed by atoms with Gasteiger partial charge >= 0.3 is 10.3 Å². The Morgan fingerprint density at radius 3 is 2.25 bits per heavy atom. The molecule has 16 heavy (non-hydrogen) atoms. The highest BCUT2D eigenvalue weighted by Crippen LogP contribution is 2.09. The van der Waals surface area contributed by atoms with Gasteiger partial charge in [-0.15, -0.1) is 8.42 Å². The zero-order valence-corrected chi connectivity index (χ0v) is 10.4. The molecule has 1 aromatic rings. The van der Waals surface area contributed by atoms with E-state index in [2.05, 4.69) is 0 Å². The summed E-state index contributed by atoms with van der Waals surface area (Å²) in [6.07, 6.45) is 1.54. The monoisotopic (exact) mass is 244 g/mol. The molecule has 0 fully saturated rings. The Bertz CT molecular complexity index is 426. The van der Waals surface area contributed by atoms with Gasteiger partial charge in [-0.1, -0.05) is 30.3 Å². The minimum atomic E-state index is -4.02. The maximum absolute atomic E-state index is 11.0. The average molecular weight is 244 g/mol. The van der Waals surface area contributed by atoms with Crippen molar-refractivity contribution in [3.8, 4) is 0 Å². The number of nitrogens with zero attached hydrogens (tertiary/aromatic N) is 1. The van der Waals surface area contributed by atoms with E-state index in [1.165, 1.54) is 19.7 Å². The standard InChI is InChI=1S/C11H17NO3S/c1-12(2,16(13,14)15)10-6-9-11-7-4-3-5-8-11/h3-5,7-8H,6,9-10H2,1-2H3/p+1. The summed E-state index contributed by atoms with van der Waals surface area (Å²) in [4.78, 5) is 0. The molecule has 0 saturated carbocycles. The Morgan fingerprint density at radius 2 is 1.75 bits per heavy atom. The molecule has 0 unspecified atom stereocenters. The van der Waals surface area contributed by atoms with Gasteiger partial charge in [0.2, 0.25) is 0 Å². The van der Waals surface area contributed by atoms with E-state index in [0.29, 0.717) is 6.54 Å². The first-order valence-electron chi connectivity index (χ1n) is 5.17. The molecule has 0 spiro atoms. The van der Waals surface area contributed by atoms with Crippen molar-refractivity contribution in [3.63, 3.8) is 0 Å². The summed E-state index contributed by atoms with van der Waals surface area (Å²) < 4.78 is 30.6. The van der Waals surface area contributed by atoms with Gasteiger partial charge in [0.25, 0.3) is 0 Å². The number of quaternary nitrogens is 1. The summed E-state index contributed by atoms with van der Waals surface area (Å²) in [7, 11) is -1.05. The van der Waals surface area contributed by atoms with Crippen LogP contribution < -0.4 is 0 Å². The molecular weight excluding hydrogens is 226 g/mol. The first-order chi connectivity index (χ1) is 7.33. The van der Waals surface area contributed by atoms with Crippen molar-refractivity contribution in [1.82, 2.24) is 0 Å². The summed E-state index contributed by atoms with van der Waals surface area (Å²) in [6.45, 7) is 0.397. The third-order valence-corrected chi connectivity index (χ3v) is 4.06. The van der Waals surface area contributed by atoms with E-state index < -0.39 is 10.3 Å². The van der Waals surface area contributed by atoms with Crippen molar-refractivity contribution < 1.29 is 16.9 Å². The van der Waals surface area contributed by atoms with Gasteiger partial charge in [0.15, 0.2) is 0 Å². The van der Waals surface area contributed by atoms with Crippen molar-refractivity contribution in [2.24, 2.45) is 0 Å². The fourth-order valence-corrected chi connectivity index (χ4v) is 1.78. The molecule has 0 aliphatic rings. The van der Waals surface area contributed by atoms with Crippen molar-refractivity contribution in [3.05, 3.63) is 35.9 Å². The smallest absolute Gasteiger partial charge is 0.241 e. The quantitative estimate of drug-likeness (QED) is 0.631. The molecule has 1 rings (SSSR count). The third kappa shape index (κ3) is 3.59. The molecule has 4 nitrogen and oxygen atoms in total. The van der Waals surface area contributed by atoms with Crippen LogP contribution in [0.2, 0.25) is 0 Å². The van der Waals surface area contributed by atoms with Gasteiger partial charge in [-0.25, -0.2) is 4.55 Å². The van der Waals surface area contributed by atoms with E-state index in [1.807, 2.05) is 30.3 Å². The lowest BCUT2D eigenvalue weighted by Crippen LogP contribution is -2.45. The summed E-state index contributed by atoms with van der Waals surface area (Å²) in [5.74, 6) is 0. The highest BCUT2D eigenvalue weighted by molar-refractivity contribution is 7.80. The molecule has 1 N–H and O–H groups in total. The highest BCUT2D eigenvalue weighted by Gasteiger charge is 2.29. The van der Waals surface area contributed by atoms with E-state index in [4.69, 9.17) is 4.55 Å². The maximum Gasteiger partial charge on any atom is 0.432 e. The van der Waals surface area contributed by atoms with E-state index in [0.717, 1.165) is 12.8 Å². The van der Waals surface area contributed by atoms with Gasteiger partial charge < -0.3 is 0 Å². The van der Waals surface area contributed by atoms with Gasteiger partial charge in [0.05, 0.1) is 20.6 Å². The van der Waals surface area contributed by atoms with Gasteiger partial charge in [0, 0.05) is 6.42 Å². The summed E-state index contributed by atoms with van der Waals surface area (Å²) in [5.41, 5.74) is 1.18. The van der Waals surface area contributed by atoms with Crippen molar-refractivity contribution >= 4 is 10.3 Å². The molecule has 0 aliphatic carbocycles. The number of hydrogen-bond acceptors (Lipinski definition) is 2. The molecule has 0 aliphatic heterocycles. The largest absolute Gasteiger partial charge is 0.432 e. The predicted octanol–water partition coefficient (Wildman–Crippen LogP) is 1.50. The van der Waals surface area contributed by atoms with Crippen LogP contribution in [0.15, 0.2) is 30.3 Å². The second-order valence-electron chi connectivity index (χ2n) is 4.33. The summed E-state index contributed by atoms with van der Waals surface area (Å²) >= 11 is 0. The third-order valence-electron chi connectivity index (χ3n) is 2.63. The lowest BCUT2D eigenvalue weighted by Gasteiger charge is -2.24. The first kappa shape index (κ1) is 13.2. The van der Waals surface area contributed by atoms with Crippen LogP contribution in [0.4, 0.5) is 0 Å². The fraction of sp³-hybridized carbons (Fsp3) is 0.455. The number of aryl methyl sites for hydroxylation is 1. The zero-order valence-electron chi connectivity index (χ0n) is 9.63. The number of rotatable bonds is 5. The van der Waals surface area contributed by atoms with Crippen LogP contribution in [-0.2, 0) is 16.7 Å². The van der Waals surface area contributed by atoms with Crippen LogP contribution >= 0.6 is 0 Å². The van der Waals surface area contributed by atoms with Crippen LogP contribution in [0.25, 0.3) is 0 Å². The highest BCUT2D eigenvalue weighted by atomic mass is 32.2. The van der Waals surface area contributed by atoms with E-state index in [-0.39, 0.29) is 3.89 Å². The predicted molar refractivity (Wildman–Crippen MR) is 63.3 cm³/mol. The SMILES string of the molecule is C[N+](C)(CCCc1ccccc1)S(=O)(=O)O. The van der Waals surface area contributed by atoms with E-state index in [1.54, 1.807) is 0 Å². The Morgan fingerprint density at radius 1 is 1.19 bits per heavy atom. The Balaban J connectivity index is 2.48. The van der Waals surface area contributed by atoms with E-state index in [9.17, 15) is 8.42 Å². The van der Waals surface area contributed by atoms with Crippen LogP contribution in [-0.4, -0.2) is 37.5 Å². The molecule has 0 heterocycles. The second kappa shape index (κ2) is 4.95. The van der Waals surface area contributed by atoms with Crippen LogP contribution in [0.3, 0.4) is 0 Å². The Kier molecular flexibility index (Phi) is 4.07. The van der Waals surface area contributed by atoms with Crippen molar-refractivity contribution in [2.45, 2.75) is 12.8 Å². The van der Waals surface area contributed by atoms with Gasteiger partial charge in [-0.05, 0) is 12.0 Å². The minimum Gasteiger partial charge on any atom is -0.241 e. The van der Waals surface area contributed by atoms with Gasteiger partial charge in [-0.2, -0.15) is 3.89 Å². The van der Waals surface area contributed by atoms with Crippen LogP contribution in [0.1, 0.15) is 12.0 Å². The summed E-state index contributed by atoms with van der Waals surface area (Å²) in [6, 6.07) is 9.87. The average Bonchev–Trinajstić information content (AvgIpc) is 2.17. The summed E-state index contributed by atoms with van der Waals surface area (Å²) in [5, 5.41) is 0. The molecule has 0 aromatic heterocycles. The lowest BCUT2D eigenvalue weighted by molar-refractivity contribution is -0.767. The first-order valence-corrected chi connectivity index (χ1v) is 6.57. The topological polar surface area (TPSA) is 54.4 Å². The Hall–Kier alpha value is -0.910. The Labute approximate surface area is 97.0 Å². The zero-order chi connectivity index (χ0) is 12.2. The molecular formula is C11H18NO3S+. The van der Waals surface area contributed by atoms with Crippen LogP contribution in [0, 0.1) is 0 Å². The molecule has 0 saturated heterocycles. The van der Waals surface area contributed by atoms with Gasteiger partial charge in [0.1, 0.15) is 0 Å². The number of hydrogen-bond donors (Lipinski definition) is 1. The maximum atomic E-state index is 11.0. The van der Waals surface area contributed by atoms with Crippen molar-refractivity contribution in [1.29, 1.82) is 0 Å². The minimum absolute atomic E-state index is 0.389. The normalized spacial score (nSPS) is 12.7. The molecule has 0 bridgehead atoms. The molecule has 0 atom stereocenters. The fourth-order valence-electron chi connectivity index (χ4n) is 1.42. The van der Waals surface area contributed by atoms with Gasteiger partial charge in [-0.3, -0.25) is 0 Å². The van der Waals surface area contributed by atoms with Crippen molar-refractivity contribution in [2.75, 3.05) is 20.6 Å². The lowest BCUT2D eigenvalue weighted by atomic mass is 10.1. The molecule has 0 amide bonds. The van der Waals surface area contributed by atoms with Crippen LogP contribution in [0.5, 0.6) is 0 Å². The molecule has 1 aromatic carbocycles. The molecule has 5 heteroatoms. The number of benzene rings is 1. The molecule has 90 valence electrons.